The Morgan fingerprint density at radius 1 is 1.27 bits per heavy atom. The second-order valence-electron chi connectivity index (χ2n) is 7.40. The van der Waals surface area contributed by atoms with Gasteiger partial charge < -0.3 is 20.1 Å². The van der Waals surface area contributed by atoms with Crippen molar-refractivity contribution in [2.75, 3.05) is 32.3 Å². The monoisotopic (exact) mass is 416 g/mol. The number of benzene rings is 1. The predicted octanol–water partition coefficient (Wildman–Crippen LogP) is 0.393. The number of aromatic hydroxyl groups is 1. The first kappa shape index (κ1) is 19.9. The molecule has 9 nitrogen and oxygen atoms in total. The first-order valence-corrected chi connectivity index (χ1v) is 9.37. The third-order valence-electron chi connectivity index (χ3n) is 5.81. The van der Waals surface area contributed by atoms with E-state index < -0.39 is 34.5 Å². The van der Waals surface area contributed by atoms with Crippen molar-refractivity contribution in [3.8, 4) is 5.75 Å². The number of nitrogens with zero attached hydrogens (tertiary/aromatic N) is 3. The molecular weight excluding hydrogens is 395 g/mol. The molecule has 4 rings (SSSR count). The van der Waals surface area contributed by atoms with E-state index in [9.17, 15) is 23.9 Å². The fourth-order valence-electron chi connectivity index (χ4n) is 3.90. The molecule has 2 N–H and O–H groups in total. The maximum Gasteiger partial charge on any atom is 0.278 e. The Labute approximate surface area is 171 Å². The van der Waals surface area contributed by atoms with Crippen LogP contribution in [0.5, 0.6) is 5.75 Å². The number of carbonyl (C=O) groups excluding carboxylic acids is 2. The number of likely N-dealkylation sites (N-methyl/N-ethyl adjacent to an activating group) is 2. The smallest absolute Gasteiger partial charge is 0.278 e. The van der Waals surface area contributed by atoms with E-state index in [1.807, 2.05) is 0 Å². The summed E-state index contributed by atoms with van der Waals surface area (Å²) in [6.07, 6.45) is 1.78. The van der Waals surface area contributed by atoms with Gasteiger partial charge in [0.15, 0.2) is 17.1 Å². The van der Waals surface area contributed by atoms with Crippen molar-refractivity contribution in [3.05, 3.63) is 63.3 Å². The first-order valence-electron chi connectivity index (χ1n) is 9.37. The van der Waals surface area contributed by atoms with Gasteiger partial charge >= 0.3 is 0 Å². The Morgan fingerprint density at radius 2 is 1.97 bits per heavy atom. The summed E-state index contributed by atoms with van der Waals surface area (Å²) >= 11 is 0. The zero-order valence-corrected chi connectivity index (χ0v) is 16.5. The van der Waals surface area contributed by atoms with Gasteiger partial charge in [-0.15, -0.1) is 0 Å². The highest BCUT2D eigenvalue weighted by Gasteiger charge is 2.50. The normalized spacial score (nSPS) is 20.6. The summed E-state index contributed by atoms with van der Waals surface area (Å²) in [4.78, 5) is 39.6. The van der Waals surface area contributed by atoms with Crippen LogP contribution in [0.4, 0.5) is 4.39 Å². The predicted molar refractivity (Wildman–Crippen MR) is 104 cm³/mol. The number of aromatic nitrogens is 1. The number of hydrogen-bond acceptors (Lipinski definition) is 6. The summed E-state index contributed by atoms with van der Waals surface area (Å²) in [5, 5.41) is 14.7. The van der Waals surface area contributed by atoms with E-state index in [-0.39, 0.29) is 24.4 Å². The number of rotatable bonds is 3. The van der Waals surface area contributed by atoms with E-state index in [0.29, 0.717) is 18.6 Å². The van der Waals surface area contributed by atoms with E-state index in [0.717, 1.165) is 0 Å². The van der Waals surface area contributed by atoms with Gasteiger partial charge in [0, 0.05) is 33.3 Å². The van der Waals surface area contributed by atoms with E-state index >= 15 is 0 Å². The summed E-state index contributed by atoms with van der Waals surface area (Å²) in [6.45, 7) is 0.773. The second kappa shape index (κ2) is 7.13. The van der Waals surface area contributed by atoms with Crippen LogP contribution in [0, 0.1) is 5.82 Å². The number of amides is 2. The number of halogens is 1. The standard InChI is InChI=1S/C20H21FN4O5/c1-23-19(29)15-17(27)16(26)14(10-25(15)24(2)20(23)7-8-30-11-20)18(28)22-9-12-3-5-13(21)6-4-12/h3-6,10,27H,7-9,11H2,1-2H3,(H,22,28). The lowest BCUT2D eigenvalue weighted by atomic mass is 10.0. The largest absolute Gasteiger partial charge is 0.502 e. The molecule has 3 heterocycles. The summed E-state index contributed by atoms with van der Waals surface area (Å²) in [7, 11) is 3.29. The van der Waals surface area contributed by atoms with Crippen molar-refractivity contribution < 1.29 is 23.8 Å². The van der Waals surface area contributed by atoms with E-state index in [1.54, 1.807) is 19.1 Å². The lowest BCUT2D eigenvalue weighted by Gasteiger charge is -2.50. The van der Waals surface area contributed by atoms with Gasteiger partial charge in [0.25, 0.3) is 11.8 Å². The maximum atomic E-state index is 13.0. The van der Waals surface area contributed by atoms with Crippen molar-refractivity contribution in [3.63, 3.8) is 0 Å². The third-order valence-corrected chi connectivity index (χ3v) is 5.81. The molecule has 1 fully saturated rings. The van der Waals surface area contributed by atoms with Crippen molar-refractivity contribution in [2.24, 2.45) is 0 Å². The van der Waals surface area contributed by atoms with Crippen LogP contribution in [0.3, 0.4) is 0 Å². The van der Waals surface area contributed by atoms with Gasteiger partial charge in [0.1, 0.15) is 11.4 Å². The minimum Gasteiger partial charge on any atom is -0.502 e. The third kappa shape index (κ3) is 2.91. The highest BCUT2D eigenvalue weighted by Crippen LogP contribution is 2.34. The fraction of sp³-hybridized carbons (Fsp3) is 0.350. The number of carbonyl (C=O) groups is 2. The van der Waals surface area contributed by atoms with E-state index in [2.05, 4.69) is 5.32 Å². The van der Waals surface area contributed by atoms with Crippen molar-refractivity contribution in [2.45, 2.75) is 18.6 Å². The Bertz CT molecular complexity index is 1080. The molecule has 158 valence electrons. The van der Waals surface area contributed by atoms with Crippen LogP contribution in [0.25, 0.3) is 0 Å². The van der Waals surface area contributed by atoms with Crippen LogP contribution < -0.4 is 15.8 Å². The summed E-state index contributed by atoms with van der Waals surface area (Å²) < 4.78 is 19.9. The number of fused-ring (bicyclic) bond motifs is 1. The molecule has 2 aromatic rings. The molecule has 10 heteroatoms. The van der Waals surface area contributed by atoms with Crippen molar-refractivity contribution in [1.82, 2.24) is 14.9 Å². The SMILES string of the molecule is CN1C(=O)c2c(O)c(=O)c(C(=O)NCc3ccc(F)cc3)cn2N(C)C12CCOC2. The lowest BCUT2D eigenvalue weighted by Crippen LogP contribution is -2.68. The molecule has 2 aliphatic heterocycles. The average Bonchev–Trinajstić information content (AvgIpc) is 3.23. The quantitative estimate of drug-likeness (QED) is 0.751. The molecule has 1 aromatic heterocycles. The van der Waals surface area contributed by atoms with Crippen LogP contribution in [0.1, 0.15) is 32.8 Å². The molecule has 0 aliphatic carbocycles. The van der Waals surface area contributed by atoms with Gasteiger partial charge in [0.2, 0.25) is 5.43 Å². The second-order valence-corrected chi connectivity index (χ2v) is 7.40. The highest BCUT2D eigenvalue weighted by molar-refractivity contribution is 5.99. The van der Waals surface area contributed by atoms with Crippen LogP contribution in [-0.4, -0.2) is 59.5 Å². The number of hydrogen-bond donors (Lipinski definition) is 2. The molecule has 1 aromatic carbocycles. The fourth-order valence-corrected chi connectivity index (χ4v) is 3.90. The zero-order chi connectivity index (χ0) is 21.6. The molecule has 0 saturated carbocycles. The van der Waals surface area contributed by atoms with Gasteiger partial charge in [-0.3, -0.25) is 24.1 Å². The molecule has 0 radical (unpaired) electrons. The highest BCUT2D eigenvalue weighted by atomic mass is 19.1. The first-order chi connectivity index (χ1) is 14.3. The van der Waals surface area contributed by atoms with Crippen LogP contribution in [-0.2, 0) is 11.3 Å². The Balaban J connectivity index is 1.70. The molecule has 2 aliphatic rings. The molecule has 1 spiro atoms. The zero-order valence-electron chi connectivity index (χ0n) is 16.5. The molecule has 1 unspecified atom stereocenters. The van der Waals surface area contributed by atoms with Gasteiger partial charge in [-0.25, -0.2) is 4.39 Å². The van der Waals surface area contributed by atoms with Gasteiger partial charge in [-0.05, 0) is 17.7 Å². The summed E-state index contributed by atoms with van der Waals surface area (Å²) in [6, 6.07) is 5.56. The molecule has 2 amide bonds. The average molecular weight is 416 g/mol. The van der Waals surface area contributed by atoms with Gasteiger partial charge in [-0.2, -0.15) is 0 Å². The van der Waals surface area contributed by atoms with Gasteiger partial charge in [0.05, 0.1) is 13.2 Å². The van der Waals surface area contributed by atoms with Crippen molar-refractivity contribution >= 4 is 11.8 Å². The Kier molecular flexibility index (Phi) is 4.73. The van der Waals surface area contributed by atoms with Crippen LogP contribution in [0.15, 0.2) is 35.3 Å². The van der Waals surface area contributed by atoms with Crippen LogP contribution in [0.2, 0.25) is 0 Å². The van der Waals surface area contributed by atoms with E-state index in [4.69, 9.17) is 4.74 Å². The number of ether oxygens (including phenoxy) is 1. The summed E-state index contributed by atoms with van der Waals surface area (Å²) in [5.74, 6) is -2.44. The summed E-state index contributed by atoms with van der Waals surface area (Å²) in [5.41, 5.74) is -1.60. The molecular formula is C20H21FN4O5. The Morgan fingerprint density at radius 3 is 2.60 bits per heavy atom. The van der Waals surface area contributed by atoms with Gasteiger partial charge in [-0.1, -0.05) is 12.1 Å². The van der Waals surface area contributed by atoms with E-state index in [1.165, 1.54) is 40.0 Å². The minimum atomic E-state index is -0.938. The minimum absolute atomic E-state index is 0.0658. The van der Waals surface area contributed by atoms with Crippen LogP contribution >= 0.6 is 0 Å². The number of nitrogens with one attached hydrogen (secondary N) is 1. The number of pyridine rings is 1. The maximum absolute atomic E-state index is 13.0. The Hall–Kier alpha value is -3.40. The molecule has 0 bridgehead atoms. The van der Waals surface area contributed by atoms with Crippen molar-refractivity contribution in [1.29, 1.82) is 0 Å². The topological polar surface area (TPSA) is 104 Å². The molecule has 1 saturated heterocycles. The lowest BCUT2D eigenvalue weighted by molar-refractivity contribution is 0.0330. The molecule has 1 atom stereocenters. The molecule has 30 heavy (non-hydrogen) atoms.